The van der Waals surface area contributed by atoms with Gasteiger partial charge in [-0.1, -0.05) is 25.1 Å². The van der Waals surface area contributed by atoms with Crippen LogP contribution in [0.4, 0.5) is 0 Å². The van der Waals surface area contributed by atoms with E-state index in [4.69, 9.17) is 4.42 Å². The molecule has 0 spiro atoms. The van der Waals surface area contributed by atoms with Crippen molar-refractivity contribution in [3.05, 3.63) is 35.1 Å². The molecule has 1 aromatic carbocycles. The molecule has 2 nitrogen and oxygen atoms in total. The second kappa shape index (κ2) is 4.71. The first-order chi connectivity index (χ1) is 7.74. The van der Waals surface area contributed by atoms with Gasteiger partial charge in [0.15, 0.2) is 0 Å². The minimum absolute atomic E-state index is 0.827. The Morgan fingerprint density at radius 2 is 2.06 bits per heavy atom. The van der Waals surface area contributed by atoms with E-state index in [1.165, 1.54) is 16.5 Å². The second-order valence-corrected chi connectivity index (χ2v) is 4.28. The molecule has 1 N–H and O–H groups in total. The summed E-state index contributed by atoms with van der Waals surface area (Å²) in [5, 5.41) is 4.62. The smallest absolute Gasteiger partial charge is 0.137 e. The molecule has 0 saturated carbocycles. The lowest BCUT2D eigenvalue weighted by atomic mass is 10.1. The van der Waals surface area contributed by atoms with Crippen molar-refractivity contribution in [2.24, 2.45) is 0 Å². The summed E-state index contributed by atoms with van der Waals surface area (Å²) >= 11 is 0. The Morgan fingerprint density at radius 1 is 1.25 bits per heavy atom. The van der Waals surface area contributed by atoms with E-state index in [2.05, 4.69) is 44.3 Å². The van der Waals surface area contributed by atoms with E-state index in [0.717, 1.165) is 30.9 Å². The third-order valence-electron chi connectivity index (χ3n) is 2.97. The lowest BCUT2D eigenvalue weighted by molar-refractivity contribution is 0.509. The van der Waals surface area contributed by atoms with Gasteiger partial charge in [-0.25, -0.2) is 0 Å². The summed E-state index contributed by atoms with van der Waals surface area (Å²) < 4.78 is 5.91. The Hall–Kier alpha value is -1.28. The molecule has 0 amide bonds. The highest BCUT2D eigenvalue weighted by molar-refractivity contribution is 5.84. The first kappa shape index (κ1) is 11.2. The van der Waals surface area contributed by atoms with E-state index in [1.807, 2.05) is 0 Å². The monoisotopic (exact) mass is 217 g/mol. The highest BCUT2D eigenvalue weighted by Crippen LogP contribution is 2.27. The summed E-state index contributed by atoms with van der Waals surface area (Å²) in [6.07, 6.45) is 1.15. The van der Waals surface area contributed by atoms with Crippen LogP contribution in [0.25, 0.3) is 11.0 Å². The average molecular weight is 217 g/mol. The van der Waals surface area contributed by atoms with Crippen LogP contribution in [0.1, 0.15) is 30.2 Å². The van der Waals surface area contributed by atoms with Crippen LogP contribution in [0.5, 0.6) is 0 Å². The van der Waals surface area contributed by atoms with Gasteiger partial charge in [0.2, 0.25) is 0 Å². The van der Waals surface area contributed by atoms with Crippen molar-refractivity contribution < 1.29 is 4.42 Å². The number of furan rings is 1. The molecular weight excluding hydrogens is 198 g/mol. The molecule has 0 aliphatic rings. The number of hydrogen-bond acceptors (Lipinski definition) is 2. The molecule has 0 unspecified atom stereocenters. The molecule has 86 valence electrons. The molecule has 0 aliphatic carbocycles. The number of aryl methyl sites for hydroxylation is 2. The predicted octanol–water partition coefficient (Wildman–Crippen LogP) is 3.55. The standard InChI is InChI=1S/C14H19NO/c1-4-8-15-9-13-11(3)12-7-5-6-10(2)14(12)16-13/h5-7,15H,4,8-9H2,1-3H3. The van der Waals surface area contributed by atoms with Gasteiger partial charge >= 0.3 is 0 Å². The molecule has 1 aromatic heterocycles. The van der Waals surface area contributed by atoms with Crippen molar-refractivity contribution >= 4 is 11.0 Å². The summed E-state index contributed by atoms with van der Waals surface area (Å²) in [6, 6.07) is 6.31. The molecule has 0 radical (unpaired) electrons. The summed E-state index contributed by atoms with van der Waals surface area (Å²) in [6.45, 7) is 8.26. The molecule has 0 saturated heterocycles. The highest BCUT2D eigenvalue weighted by atomic mass is 16.3. The van der Waals surface area contributed by atoms with Crippen molar-refractivity contribution in [2.45, 2.75) is 33.7 Å². The molecule has 2 rings (SSSR count). The third-order valence-corrected chi connectivity index (χ3v) is 2.97. The fourth-order valence-electron chi connectivity index (χ4n) is 1.98. The van der Waals surface area contributed by atoms with Crippen LogP contribution < -0.4 is 5.32 Å². The van der Waals surface area contributed by atoms with Gasteiger partial charge in [-0.3, -0.25) is 0 Å². The molecular formula is C14H19NO. The third kappa shape index (κ3) is 1.98. The topological polar surface area (TPSA) is 25.2 Å². The molecule has 0 bridgehead atoms. The number of rotatable bonds is 4. The fourth-order valence-corrected chi connectivity index (χ4v) is 1.98. The Balaban J connectivity index is 2.33. The van der Waals surface area contributed by atoms with E-state index in [-0.39, 0.29) is 0 Å². The van der Waals surface area contributed by atoms with E-state index in [1.54, 1.807) is 0 Å². The number of para-hydroxylation sites is 1. The normalized spacial score (nSPS) is 11.2. The highest BCUT2D eigenvalue weighted by Gasteiger charge is 2.10. The summed E-state index contributed by atoms with van der Waals surface area (Å²) in [4.78, 5) is 0. The van der Waals surface area contributed by atoms with Gasteiger partial charge < -0.3 is 9.73 Å². The zero-order valence-electron chi connectivity index (χ0n) is 10.3. The Kier molecular flexibility index (Phi) is 3.30. The van der Waals surface area contributed by atoms with Crippen LogP contribution in [-0.2, 0) is 6.54 Å². The van der Waals surface area contributed by atoms with Crippen molar-refractivity contribution in [1.29, 1.82) is 0 Å². The van der Waals surface area contributed by atoms with Gasteiger partial charge in [0, 0.05) is 5.39 Å². The SMILES string of the molecule is CCCNCc1oc2c(C)cccc2c1C. The van der Waals surface area contributed by atoms with Crippen LogP contribution in [0.3, 0.4) is 0 Å². The van der Waals surface area contributed by atoms with Gasteiger partial charge in [0.05, 0.1) is 6.54 Å². The van der Waals surface area contributed by atoms with Crippen LogP contribution in [0.2, 0.25) is 0 Å². The van der Waals surface area contributed by atoms with Crippen LogP contribution >= 0.6 is 0 Å². The number of hydrogen-bond donors (Lipinski definition) is 1. The van der Waals surface area contributed by atoms with E-state index in [9.17, 15) is 0 Å². The fraction of sp³-hybridized carbons (Fsp3) is 0.429. The number of nitrogens with one attached hydrogen (secondary N) is 1. The largest absolute Gasteiger partial charge is 0.459 e. The molecule has 0 atom stereocenters. The number of benzene rings is 1. The average Bonchev–Trinajstić information content (AvgIpc) is 2.59. The Labute approximate surface area is 96.6 Å². The lowest BCUT2D eigenvalue weighted by Gasteiger charge is -2.00. The van der Waals surface area contributed by atoms with Crippen molar-refractivity contribution in [1.82, 2.24) is 5.32 Å². The van der Waals surface area contributed by atoms with Crippen molar-refractivity contribution in [3.63, 3.8) is 0 Å². The van der Waals surface area contributed by atoms with Gasteiger partial charge in [-0.15, -0.1) is 0 Å². The van der Waals surface area contributed by atoms with Crippen LogP contribution in [-0.4, -0.2) is 6.54 Å². The molecule has 1 heterocycles. The molecule has 2 aromatic rings. The summed E-state index contributed by atoms with van der Waals surface area (Å²) in [5.41, 5.74) is 3.51. The van der Waals surface area contributed by atoms with Crippen molar-refractivity contribution in [3.8, 4) is 0 Å². The second-order valence-electron chi connectivity index (χ2n) is 4.28. The molecule has 0 aliphatic heterocycles. The number of fused-ring (bicyclic) bond motifs is 1. The molecule has 2 heteroatoms. The van der Waals surface area contributed by atoms with Gasteiger partial charge in [-0.2, -0.15) is 0 Å². The van der Waals surface area contributed by atoms with Gasteiger partial charge in [0.1, 0.15) is 11.3 Å². The molecule has 16 heavy (non-hydrogen) atoms. The minimum Gasteiger partial charge on any atom is -0.459 e. The van der Waals surface area contributed by atoms with Gasteiger partial charge in [0.25, 0.3) is 0 Å². The quantitative estimate of drug-likeness (QED) is 0.792. The summed E-state index contributed by atoms with van der Waals surface area (Å²) in [5.74, 6) is 1.07. The summed E-state index contributed by atoms with van der Waals surface area (Å²) in [7, 11) is 0. The van der Waals surface area contributed by atoms with E-state index >= 15 is 0 Å². The maximum Gasteiger partial charge on any atom is 0.137 e. The maximum atomic E-state index is 5.91. The first-order valence-electron chi connectivity index (χ1n) is 5.92. The van der Waals surface area contributed by atoms with Crippen molar-refractivity contribution in [2.75, 3.05) is 6.54 Å². The lowest BCUT2D eigenvalue weighted by Crippen LogP contribution is -2.13. The van der Waals surface area contributed by atoms with Gasteiger partial charge in [-0.05, 0) is 37.9 Å². The first-order valence-corrected chi connectivity index (χ1v) is 5.92. The Morgan fingerprint density at radius 3 is 2.75 bits per heavy atom. The minimum atomic E-state index is 0.827. The predicted molar refractivity (Wildman–Crippen MR) is 67.7 cm³/mol. The zero-order valence-corrected chi connectivity index (χ0v) is 10.3. The van der Waals surface area contributed by atoms with E-state index in [0.29, 0.717) is 0 Å². The molecule has 0 fully saturated rings. The van der Waals surface area contributed by atoms with Crippen LogP contribution in [0.15, 0.2) is 22.6 Å². The maximum absolute atomic E-state index is 5.91. The van der Waals surface area contributed by atoms with Crippen LogP contribution in [0, 0.1) is 13.8 Å². The van der Waals surface area contributed by atoms with E-state index < -0.39 is 0 Å². The zero-order chi connectivity index (χ0) is 11.5. The Bertz CT molecular complexity index is 485.